The minimum atomic E-state index is -3.59. The van der Waals surface area contributed by atoms with E-state index >= 15 is 0 Å². The lowest BCUT2D eigenvalue weighted by Crippen LogP contribution is -2.25. The minimum absolute atomic E-state index is 0.0247. The Morgan fingerprint density at radius 1 is 1.00 bits per heavy atom. The lowest BCUT2D eigenvalue weighted by molar-refractivity contribution is -0.286. The third-order valence-corrected chi connectivity index (χ3v) is 4.38. The second kappa shape index (κ2) is 7.47. The van der Waals surface area contributed by atoms with Crippen molar-refractivity contribution in [2.75, 3.05) is 18.4 Å². The van der Waals surface area contributed by atoms with Crippen LogP contribution in [0.1, 0.15) is 12.0 Å². The Labute approximate surface area is 159 Å². The molecular weight excluding hydrogens is 368 g/mol. The van der Waals surface area contributed by atoms with Crippen molar-refractivity contribution in [3.05, 3.63) is 64.3 Å². The van der Waals surface area contributed by atoms with Crippen molar-refractivity contribution in [1.29, 1.82) is 0 Å². The van der Waals surface area contributed by atoms with Gasteiger partial charge in [0.25, 0.3) is 0 Å². The largest absolute Gasteiger partial charge is 0.586 e. The molecule has 0 unspecified atom stereocenters. The van der Waals surface area contributed by atoms with Gasteiger partial charge in [-0.3, -0.25) is 4.79 Å². The molecule has 0 atom stereocenters. The van der Waals surface area contributed by atoms with Crippen LogP contribution in [0, 0.1) is 0 Å². The Balaban J connectivity index is 1.22. The highest BCUT2D eigenvalue weighted by Crippen LogP contribution is 2.41. The van der Waals surface area contributed by atoms with Crippen LogP contribution in [0.25, 0.3) is 10.9 Å². The number of pyridine rings is 1. The molecule has 0 fully saturated rings. The topological polar surface area (TPSA) is 75.4 Å². The third-order valence-electron chi connectivity index (χ3n) is 4.38. The summed E-state index contributed by atoms with van der Waals surface area (Å²) in [5.41, 5.74) is 1.60. The van der Waals surface area contributed by atoms with Gasteiger partial charge >= 0.3 is 6.29 Å². The van der Waals surface area contributed by atoms with Crippen molar-refractivity contribution in [2.24, 2.45) is 0 Å². The van der Waals surface area contributed by atoms with Gasteiger partial charge in [-0.2, -0.15) is 0 Å². The van der Waals surface area contributed by atoms with Crippen LogP contribution >= 0.6 is 0 Å². The summed E-state index contributed by atoms with van der Waals surface area (Å²) < 4.78 is 34.9. The van der Waals surface area contributed by atoms with Crippen LogP contribution in [0.4, 0.5) is 14.6 Å². The monoisotopic (exact) mass is 387 g/mol. The van der Waals surface area contributed by atoms with Gasteiger partial charge in [-0.25, -0.2) is 0 Å². The molecule has 0 aliphatic carbocycles. The smallest absolute Gasteiger partial charge is 0.395 e. The van der Waals surface area contributed by atoms with E-state index in [4.69, 9.17) is 0 Å². The lowest BCUT2D eigenvalue weighted by atomic mass is 10.2. The summed E-state index contributed by atoms with van der Waals surface area (Å²) in [6, 6.07) is 13.7. The fraction of sp³-hybridized carbons (Fsp3) is 0.250. The summed E-state index contributed by atoms with van der Waals surface area (Å²) in [5, 5.41) is 7.11. The van der Waals surface area contributed by atoms with E-state index < -0.39 is 6.29 Å². The van der Waals surface area contributed by atoms with E-state index in [0.29, 0.717) is 24.3 Å². The van der Waals surface area contributed by atoms with E-state index in [1.54, 1.807) is 24.3 Å². The summed E-state index contributed by atoms with van der Waals surface area (Å²) in [4.78, 5) is 15.3. The average molecular weight is 387 g/mol. The van der Waals surface area contributed by atoms with E-state index in [0.717, 1.165) is 24.0 Å². The fourth-order valence-electron chi connectivity index (χ4n) is 3.06. The Morgan fingerprint density at radius 2 is 1.82 bits per heavy atom. The van der Waals surface area contributed by atoms with Crippen molar-refractivity contribution in [1.82, 2.24) is 10.3 Å². The molecule has 0 radical (unpaired) electrons. The Hall–Kier alpha value is -3.13. The molecule has 0 saturated carbocycles. The first-order chi connectivity index (χ1) is 13.5. The van der Waals surface area contributed by atoms with Gasteiger partial charge in [0.1, 0.15) is 5.82 Å². The van der Waals surface area contributed by atoms with Gasteiger partial charge in [0.05, 0.1) is 5.52 Å². The first kappa shape index (κ1) is 18.2. The molecule has 0 amide bonds. The van der Waals surface area contributed by atoms with E-state index in [1.807, 2.05) is 18.2 Å². The number of rotatable bonds is 7. The molecule has 8 heteroatoms. The number of aromatic amines is 1. The molecule has 2 heterocycles. The minimum Gasteiger partial charge on any atom is -0.395 e. The zero-order chi connectivity index (χ0) is 19.6. The van der Waals surface area contributed by atoms with Crippen molar-refractivity contribution < 1.29 is 18.3 Å². The van der Waals surface area contributed by atoms with Gasteiger partial charge in [0.2, 0.25) is 0 Å². The quantitative estimate of drug-likeness (QED) is 0.542. The number of hydrogen-bond acceptors (Lipinski definition) is 5. The number of nitrogens with one attached hydrogen (secondary N) is 3. The maximum absolute atomic E-state index is 13.0. The van der Waals surface area contributed by atoms with Gasteiger partial charge in [0, 0.05) is 24.5 Å². The number of halogens is 2. The van der Waals surface area contributed by atoms with Gasteiger partial charge in [-0.1, -0.05) is 18.2 Å². The number of H-pyrrole nitrogens is 1. The van der Waals surface area contributed by atoms with E-state index in [-0.39, 0.29) is 16.9 Å². The Bertz CT molecular complexity index is 1050. The van der Waals surface area contributed by atoms with Crippen LogP contribution < -0.4 is 25.5 Å². The van der Waals surface area contributed by atoms with Gasteiger partial charge < -0.3 is 25.1 Å². The molecule has 1 aliphatic heterocycles. The predicted octanol–water partition coefficient (Wildman–Crippen LogP) is 3.44. The molecular formula is C20H19F2N3O3. The molecule has 0 saturated heterocycles. The number of ether oxygens (including phenoxy) is 2. The van der Waals surface area contributed by atoms with Gasteiger partial charge in [-0.05, 0) is 42.8 Å². The molecule has 0 spiro atoms. The molecule has 1 aromatic heterocycles. The summed E-state index contributed by atoms with van der Waals surface area (Å²) in [7, 11) is 0. The first-order valence-corrected chi connectivity index (χ1v) is 8.96. The molecule has 6 nitrogen and oxygen atoms in total. The summed E-state index contributed by atoms with van der Waals surface area (Å²) in [5.74, 6) is 0.772. The number of benzene rings is 2. The average Bonchev–Trinajstić information content (AvgIpc) is 2.97. The van der Waals surface area contributed by atoms with Crippen molar-refractivity contribution >= 4 is 16.7 Å². The number of aromatic nitrogens is 1. The van der Waals surface area contributed by atoms with Crippen molar-refractivity contribution in [3.8, 4) is 11.5 Å². The highest BCUT2D eigenvalue weighted by molar-refractivity contribution is 5.79. The Kier molecular flexibility index (Phi) is 4.87. The second-order valence-corrected chi connectivity index (χ2v) is 6.50. The number of alkyl halides is 2. The van der Waals surface area contributed by atoms with Crippen LogP contribution in [0.3, 0.4) is 0 Å². The maximum atomic E-state index is 13.0. The third kappa shape index (κ3) is 4.07. The summed E-state index contributed by atoms with van der Waals surface area (Å²) in [6.07, 6.45) is -2.78. The summed E-state index contributed by atoms with van der Waals surface area (Å²) >= 11 is 0. The van der Waals surface area contributed by atoms with E-state index in [9.17, 15) is 13.6 Å². The lowest BCUT2D eigenvalue weighted by Gasteiger charge is -2.09. The molecule has 3 N–H and O–H groups in total. The summed E-state index contributed by atoms with van der Waals surface area (Å²) in [6.45, 7) is 1.92. The number of anilines is 1. The normalized spacial score (nSPS) is 14.4. The van der Waals surface area contributed by atoms with Crippen molar-refractivity contribution in [3.63, 3.8) is 0 Å². The molecule has 2 aromatic carbocycles. The second-order valence-electron chi connectivity index (χ2n) is 6.50. The molecule has 3 aromatic rings. The van der Waals surface area contributed by atoms with Crippen LogP contribution in [0.15, 0.2) is 53.3 Å². The SMILES string of the molecule is O=c1cc(NCCCNCc2ccc3c(c2)OC(F)(F)O3)[nH]c2ccccc12. The number of para-hydroxylation sites is 1. The number of hydrogen-bond donors (Lipinski definition) is 3. The van der Waals surface area contributed by atoms with Gasteiger partial charge in [0.15, 0.2) is 16.9 Å². The standard InChI is InChI=1S/C20H19F2N3O3/c21-20(22)27-17-7-6-13(10-18(17)28-20)12-23-8-3-9-24-19-11-16(26)14-4-1-2-5-15(14)25-19/h1-2,4-7,10-11,23H,3,8-9,12H2,(H2,24,25,26). The van der Waals surface area contributed by atoms with E-state index in [2.05, 4.69) is 25.1 Å². The first-order valence-electron chi connectivity index (χ1n) is 8.96. The zero-order valence-electron chi connectivity index (χ0n) is 14.9. The van der Waals surface area contributed by atoms with Crippen molar-refractivity contribution in [2.45, 2.75) is 19.3 Å². The highest BCUT2D eigenvalue weighted by atomic mass is 19.3. The molecule has 1 aliphatic rings. The molecule has 4 rings (SSSR count). The zero-order valence-corrected chi connectivity index (χ0v) is 14.9. The van der Waals surface area contributed by atoms with Crippen LogP contribution in [-0.2, 0) is 6.54 Å². The maximum Gasteiger partial charge on any atom is 0.586 e. The van der Waals surface area contributed by atoms with E-state index in [1.165, 1.54) is 6.07 Å². The Morgan fingerprint density at radius 3 is 2.71 bits per heavy atom. The van der Waals surface area contributed by atoms with Crippen LogP contribution in [0.5, 0.6) is 11.5 Å². The molecule has 0 bridgehead atoms. The van der Waals surface area contributed by atoms with Crippen LogP contribution in [0.2, 0.25) is 0 Å². The highest BCUT2D eigenvalue weighted by Gasteiger charge is 2.43. The van der Waals surface area contributed by atoms with Gasteiger partial charge in [-0.15, -0.1) is 8.78 Å². The fourth-order valence-corrected chi connectivity index (χ4v) is 3.06. The molecule has 146 valence electrons. The van der Waals surface area contributed by atoms with Crippen LogP contribution in [-0.4, -0.2) is 24.4 Å². The number of fused-ring (bicyclic) bond motifs is 2. The molecule has 28 heavy (non-hydrogen) atoms. The predicted molar refractivity (Wildman–Crippen MR) is 102 cm³/mol.